The van der Waals surface area contributed by atoms with E-state index >= 15 is 0 Å². The third kappa shape index (κ3) is 3.65. The van der Waals surface area contributed by atoms with E-state index in [4.69, 9.17) is 5.11 Å². The summed E-state index contributed by atoms with van der Waals surface area (Å²) < 4.78 is 2.18. The number of carbonyl (C=O) groups excluding carboxylic acids is 1. The minimum absolute atomic E-state index is 0.0607. The Balaban J connectivity index is 2.08. The Morgan fingerprint density at radius 1 is 1.35 bits per heavy atom. The summed E-state index contributed by atoms with van der Waals surface area (Å²) in [6.07, 6.45) is 0.713. The molecule has 2 aromatic rings. The van der Waals surface area contributed by atoms with Crippen molar-refractivity contribution in [2.24, 2.45) is 0 Å². The summed E-state index contributed by atoms with van der Waals surface area (Å²) in [5, 5.41) is 11.8. The van der Waals surface area contributed by atoms with Gasteiger partial charge in [-0.25, -0.2) is 0 Å². The van der Waals surface area contributed by atoms with Gasteiger partial charge >= 0.3 is 0 Å². The molecular weight excluding hydrogens is 272 g/mol. The van der Waals surface area contributed by atoms with Gasteiger partial charge in [0.15, 0.2) is 12.2 Å². The van der Waals surface area contributed by atoms with Gasteiger partial charge in [-0.1, -0.05) is 23.5 Å². The second-order valence-corrected chi connectivity index (χ2v) is 5.65. The van der Waals surface area contributed by atoms with Crippen LogP contribution in [0.5, 0.6) is 0 Å². The molecule has 0 fully saturated rings. The summed E-state index contributed by atoms with van der Waals surface area (Å²) in [6, 6.07) is 7.85. The van der Waals surface area contributed by atoms with Crippen LogP contribution in [0.15, 0.2) is 29.8 Å². The van der Waals surface area contributed by atoms with Crippen molar-refractivity contribution in [3.05, 3.63) is 45.9 Å². The standard InChI is InChI=1S/C15H18N2O2S/c1-11-15(7-8-18)20-10-17(11)9-13-3-5-14(6-4-13)16-12(2)19/h3-6,10,18H,7-9H2,1-2H3/p+1. The third-order valence-electron chi connectivity index (χ3n) is 3.12. The number of aromatic nitrogens is 1. The van der Waals surface area contributed by atoms with Crippen LogP contribution in [0.4, 0.5) is 5.69 Å². The Kier molecular flexibility index (Phi) is 4.87. The van der Waals surface area contributed by atoms with Crippen molar-refractivity contribution in [3.8, 4) is 0 Å². The van der Waals surface area contributed by atoms with Crippen molar-refractivity contribution in [1.82, 2.24) is 0 Å². The summed E-state index contributed by atoms with van der Waals surface area (Å²) in [6.45, 7) is 4.56. The Morgan fingerprint density at radius 3 is 2.65 bits per heavy atom. The zero-order valence-corrected chi connectivity index (χ0v) is 12.5. The van der Waals surface area contributed by atoms with Gasteiger partial charge in [0, 0.05) is 38.1 Å². The minimum atomic E-state index is -0.0607. The lowest BCUT2D eigenvalue weighted by atomic mass is 10.2. The van der Waals surface area contributed by atoms with Crippen LogP contribution in [0.25, 0.3) is 0 Å². The molecule has 0 aliphatic rings. The predicted octanol–water partition coefficient (Wildman–Crippen LogP) is 1.89. The molecule has 5 heteroatoms. The second kappa shape index (κ2) is 6.63. The van der Waals surface area contributed by atoms with Gasteiger partial charge in [0.05, 0.1) is 4.88 Å². The SMILES string of the molecule is CC(=O)Nc1ccc(C[n+]2csc(CCO)c2C)cc1. The highest BCUT2D eigenvalue weighted by Crippen LogP contribution is 2.13. The Hall–Kier alpha value is -1.72. The monoisotopic (exact) mass is 291 g/mol. The van der Waals surface area contributed by atoms with Gasteiger partial charge in [-0.3, -0.25) is 4.79 Å². The zero-order chi connectivity index (χ0) is 14.5. The first-order valence-electron chi connectivity index (χ1n) is 6.54. The largest absolute Gasteiger partial charge is 0.396 e. The molecule has 1 aromatic carbocycles. The van der Waals surface area contributed by atoms with Crippen LogP contribution in [0.3, 0.4) is 0 Å². The zero-order valence-electron chi connectivity index (χ0n) is 11.7. The molecule has 0 bridgehead atoms. The molecule has 0 radical (unpaired) electrons. The Labute approximate surface area is 122 Å². The molecule has 0 spiro atoms. The molecule has 0 saturated heterocycles. The number of nitrogens with zero attached hydrogens (tertiary/aromatic N) is 1. The normalized spacial score (nSPS) is 10.6. The van der Waals surface area contributed by atoms with Crippen molar-refractivity contribution in [1.29, 1.82) is 0 Å². The highest BCUT2D eigenvalue weighted by Gasteiger charge is 2.14. The summed E-state index contributed by atoms with van der Waals surface area (Å²) in [4.78, 5) is 12.2. The van der Waals surface area contributed by atoms with Gasteiger partial charge in [-0.15, -0.1) is 0 Å². The highest BCUT2D eigenvalue weighted by atomic mass is 32.1. The van der Waals surface area contributed by atoms with Gasteiger partial charge in [0.1, 0.15) is 0 Å². The number of carbonyl (C=O) groups is 1. The first kappa shape index (κ1) is 14.7. The smallest absolute Gasteiger partial charge is 0.225 e. The number of rotatable bonds is 5. The van der Waals surface area contributed by atoms with Crippen LogP contribution in [0, 0.1) is 6.92 Å². The topological polar surface area (TPSA) is 53.2 Å². The number of thiazole rings is 1. The first-order valence-corrected chi connectivity index (χ1v) is 7.42. The van der Waals surface area contributed by atoms with Gasteiger partial charge in [-0.05, 0) is 12.1 Å². The number of nitrogens with one attached hydrogen (secondary N) is 1. The second-order valence-electron chi connectivity index (χ2n) is 4.71. The number of hydrogen-bond acceptors (Lipinski definition) is 3. The number of anilines is 1. The van der Waals surface area contributed by atoms with E-state index in [1.165, 1.54) is 23.1 Å². The van der Waals surface area contributed by atoms with Gasteiger partial charge < -0.3 is 10.4 Å². The highest BCUT2D eigenvalue weighted by molar-refractivity contribution is 7.09. The number of benzene rings is 1. The summed E-state index contributed by atoms with van der Waals surface area (Å²) in [5.41, 5.74) is 5.28. The molecule has 4 nitrogen and oxygen atoms in total. The Bertz CT molecular complexity index is 590. The molecule has 1 amide bonds. The lowest BCUT2D eigenvalue weighted by Gasteiger charge is -2.02. The number of aliphatic hydroxyl groups excluding tert-OH is 1. The molecule has 2 rings (SSSR count). The average Bonchev–Trinajstić information content (AvgIpc) is 2.74. The summed E-state index contributed by atoms with van der Waals surface area (Å²) in [7, 11) is 0. The molecule has 1 heterocycles. The van der Waals surface area contributed by atoms with E-state index in [-0.39, 0.29) is 12.5 Å². The van der Waals surface area contributed by atoms with Crippen molar-refractivity contribution >= 4 is 22.9 Å². The van der Waals surface area contributed by atoms with E-state index in [0.29, 0.717) is 6.42 Å². The van der Waals surface area contributed by atoms with Crippen molar-refractivity contribution < 1.29 is 14.5 Å². The number of hydrogen-bond donors (Lipinski definition) is 2. The van der Waals surface area contributed by atoms with Crippen LogP contribution in [-0.4, -0.2) is 17.6 Å². The molecule has 0 atom stereocenters. The molecule has 0 aliphatic carbocycles. The van der Waals surface area contributed by atoms with Crippen molar-refractivity contribution in [2.45, 2.75) is 26.8 Å². The van der Waals surface area contributed by atoms with Crippen LogP contribution in [-0.2, 0) is 17.8 Å². The molecule has 0 aliphatic heterocycles. The molecule has 2 N–H and O–H groups in total. The van der Waals surface area contributed by atoms with Crippen LogP contribution < -0.4 is 9.88 Å². The van der Waals surface area contributed by atoms with E-state index in [1.807, 2.05) is 24.3 Å². The van der Waals surface area contributed by atoms with Crippen LogP contribution in [0.1, 0.15) is 23.1 Å². The van der Waals surface area contributed by atoms with Crippen LogP contribution >= 0.6 is 11.3 Å². The maximum absolute atomic E-state index is 11.0. The lowest BCUT2D eigenvalue weighted by Crippen LogP contribution is -2.35. The maximum Gasteiger partial charge on any atom is 0.225 e. The number of aliphatic hydroxyl groups is 1. The van der Waals surface area contributed by atoms with E-state index in [9.17, 15) is 4.79 Å². The quantitative estimate of drug-likeness (QED) is 0.827. The van der Waals surface area contributed by atoms with E-state index < -0.39 is 0 Å². The number of amides is 1. The van der Waals surface area contributed by atoms with Crippen LogP contribution in [0.2, 0.25) is 0 Å². The summed E-state index contributed by atoms with van der Waals surface area (Å²) in [5.74, 6) is -0.0607. The molecule has 1 aromatic heterocycles. The van der Waals surface area contributed by atoms with Gasteiger partial charge in [0.2, 0.25) is 11.4 Å². The lowest BCUT2D eigenvalue weighted by molar-refractivity contribution is -0.689. The third-order valence-corrected chi connectivity index (χ3v) is 4.27. The van der Waals surface area contributed by atoms with E-state index in [2.05, 4.69) is 22.3 Å². The minimum Gasteiger partial charge on any atom is -0.396 e. The van der Waals surface area contributed by atoms with E-state index in [0.717, 1.165) is 12.2 Å². The molecule has 0 unspecified atom stereocenters. The maximum atomic E-state index is 11.0. The molecule has 20 heavy (non-hydrogen) atoms. The summed E-state index contributed by atoms with van der Waals surface area (Å²) >= 11 is 1.68. The fraction of sp³-hybridized carbons (Fsp3) is 0.333. The fourth-order valence-corrected chi connectivity index (χ4v) is 3.03. The first-order chi connectivity index (χ1) is 9.60. The molecule has 106 valence electrons. The average molecular weight is 291 g/mol. The van der Waals surface area contributed by atoms with Gasteiger partial charge in [0.25, 0.3) is 0 Å². The van der Waals surface area contributed by atoms with E-state index in [1.54, 1.807) is 11.3 Å². The van der Waals surface area contributed by atoms with Gasteiger partial charge in [-0.2, -0.15) is 4.57 Å². The Morgan fingerprint density at radius 2 is 2.05 bits per heavy atom. The predicted molar refractivity (Wildman–Crippen MR) is 79.9 cm³/mol. The molecular formula is C15H19N2O2S+. The molecule has 0 saturated carbocycles. The van der Waals surface area contributed by atoms with Crippen molar-refractivity contribution in [2.75, 3.05) is 11.9 Å². The van der Waals surface area contributed by atoms with Crippen molar-refractivity contribution in [3.63, 3.8) is 0 Å². The fourth-order valence-electron chi connectivity index (χ4n) is 2.04.